The van der Waals surface area contributed by atoms with Gasteiger partial charge in [0.15, 0.2) is 11.6 Å². The van der Waals surface area contributed by atoms with Crippen molar-refractivity contribution in [3.63, 3.8) is 0 Å². The van der Waals surface area contributed by atoms with Gasteiger partial charge in [0.1, 0.15) is 28.9 Å². The van der Waals surface area contributed by atoms with Crippen LogP contribution in [0.2, 0.25) is 0 Å². The first-order valence-corrected chi connectivity index (χ1v) is 25.6. The van der Waals surface area contributed by atoms with E-state index < -0.39 is 117 Å². The number of ketones is 1. The predicted molar refractivity (Wildman–Crippen MR) is 282 cm³/mol. The van der Waals surface area contributed by atoms with E-state index in [9.17, 15) is 54.6 Å². The summed E-state index contributed by atoms with van der Waals surface area (Å²) in [5.74, 6) is -11.3. The number of esters is 1. The number of fused-ring (bicyclic) bond motifs is 15. The number of nitrogens with one attached hydrogen (secondary N) is 1. The Labute approximate surface area is 443 Å². The molecule has 1 aliphatic carbocycles. The Kier molecular flexibility index (Phi) is 15.6. The minimum Gasteiger partial charge on any atom is -0.507 e. The fourth-order valence-electron chi connectivity index (χ4n) is 10.9. The van der Waals surface area contributed by atoms with Crippen molar-refractivity contribution in [2.75, 3.05) is 43.5 Å². The van der Waals surface area contributed by atoms with Crippen LogP contribution >= 0.6 is 0 Å². The van der Waals surface area contributed by atoms with Crippen molar-refractivity contribution >= 4 is 57.5 Å². The minimum absolute atomic E-state index is 0.0141. The molecule has 1 amide bonds. The zero-order chi connectivity index (χ0) is 56.3. The molecule has 6 heterocycles. The molecule has 1 saturated heterocycles. The van der Waals surface area contributed by atoms with Crippen LogP contribution in [0.15, 0.2) is 58.3 Å². The number of ether oxygens (including phenoxy) is 4. The number of hydrogen-bond donors (Lipinski definition) is 7. The molecule has 9 atom stereocenters. The quantitative estimate of drug-likeness (QED) is 0.0447. The minimum atomic E-state index is -2.14. The number of methoxy groups -OCH3 is 1. The second-order valence-electron chi connectivity index (χ2n) is 20.9. The summed E-state index contributed by atoms with van der Waals surface area (Å²) in [5.41, 5.74) is -0.301. The van der Waals surface area contributed by atoms with Gasteiger partial charge in [-0.25, -0.2) is 9.18 Å². The van der Waals surface area contributed by atoms with Gasteiger partial charge in [0.05, 0.1) is 83.5 Å². The standard InChI is InChI=1S/C56H66FN5O15/c1-25-12-11-13-26(2)53(70)59-42-36(23-58-61-19-17-60(18-20-61)44-28(4)43-34(33-14-15-33)22-35(55(72)73)54(71)62(43)24-37(44)57)48(67)39-40(49(42)68)47(66)31(7)51-41(39)52(69)56(9,77-51)75-21-16-38(74-10)27(3)50(76-32(8)63)30(6)46(65)29(5)45(25)64/h11-13,16,21-25,27,29-30,33,38,45-46,50,64-68H,14-15,17-20H2,1-10H3,(H,59,70)(H,72,73)/b12-11+,21-16+,26-13-,58-23-/t25-,27-,29-,30-,38+,45+,46+,50-,56+/m1/s1. The van der Waals surface area contributed by atoms with Crippen molar-refractivity contribution in [3.8, 4) is 23.0 Å². The lowest BCUT2D eigenvalue weighted by molar-refractivity contribution is -0.160. The van der Waals surface area contributed by atoms with Gasteiger partial charge >= 0.3 is 17.7 Å². The number of carbonyl (C=O) groups excluding carboxylic acids is 3. The van der Waals surface area contributed by atoms with Gasteiger partial charge in [-0.3, -0.25) is 28.6 Å². The van der Waals surface area contributed by atoms with Crippen molar-refractivity contribution in [1.82, 2.24) is 9.41 Å². The molecule has 1 saturated carbocycles. The number of aliphatic hydroxyl groups excluding tert-OH is 2. The van der Waals surface area contributed by atoms with Crippen LogP contribution in [0.25, 0.3) is 16.3 Å². The van der Waals surface area contributed by atoms with Crippen molar-refractivity contribution in [2.24, 2.45) is 28.8 Å². The molecule has 20 nitrogen and oxygen atoms in total. The van der Waals surface area contributed by atoms with E-state index >= 15 is 4.39 Å². The number of piperazine rings is 1. The van der Waals surface area contributed by atoms with Gasteiger partial charge in [0.2, 0.25) is 0 Å². The van der Waals surface area contributed by atoms with Gasteiger partial charge in [-0.15, -0.1) is 0 Å². The van der Waals surface area contributed by atoms with Crippen LogP contribution in [0, 0.1) is 43.3 Å². The fraction of sp³-hybridized carbons (Fsp3) is 0.464. The number of rotatable bonds is 7. The van der Waals surface area contributed by atoms with Gasteiger partial charge in [0, 0.05) is 74.2 Å². The van der Waals surface area contributed by atoms with Crippen LogP contribution in [-0.4, -0.2) is 133 Å². The number of aryl methyl sites for hydroxylation is 1. The first kappa shape index (κ1) is 55.7. The molecule has 5 aliphatic rings. The average molecular weight is 1070 g/mol. The number of aliphatic hydroxyl groups is 2. The summed E-state index contributed by atoms with van der Waals surface area (Å²) in [6, 6.07) is 1.39. The number of amides is 1. The molecule has 5 bridgehead atoms. The van der Waals surface area contributed by atoms with Gasteiger partial charge in [0.25, 0.3) is 17.2 Å². The lowest BCUT2D eigenvalue weighted by Crippen LogP contribution is -2.46. The van der Waals surface area contributed by atoms with Crippen molar-refractivity contribution in [3.05, 3.63) is 98.0 Å². The number of phenols is 3. The number of carbonyl (C=O) groups is 4. The zero-order valence-corrected chi connectivity index (χ0v) is 44.6. The first-order chi connectivity index (χ1) is 36.3. The van der Waals surface area contributed by atoms with Gasteiger partial charge < -0.3 is 59.8 Å². The summed E-state index contributed by atoms with van der Waals surface area (Å²) in [5, 5.41) is 77.4. The van der Waals surface area contributed by atoms with E-state index in [1.807, 2.05) is 0 Å². The maximum atomic E-state index is 16.1. The van der Waals surface area contributed by atoms with Crippen LogP contribution < -0.4 is 20.5 Å². The number of phenolic OH excluding ortho intramolecular Hbond substituents is 3. The van der Waals surface area contributed by atoms with Crippen molar-refractivity contribution in [1.29, 1.82) is 0 Å². The normalized spacial score (nSPS) is 28.1. The molecule has 4 aromatic rings. The molecule has 21 heteroatoms. The number of aromatic carboxylic acids is 1. The molecule has 4 aliphatic heterocycles. The summed E-state index contributed by atoms with van der Waals surface area (Å²) in [4.78, 5) is 68.2. The highest BCUT2D eigenvalue weighted by Crippen LogP contribution is 2.55. The molecule has 0 unspecified atom stereocenters. The van der Waals surface area contributed by atoms with E-state index in [4.69, 9.17) is 18.9 Å². The van der Waals surface area contributed by atoms with E-state index in [-0.39, 0.29) is 76.9 Å². The molecular formula is C56H66FN5O15. The van der Waals surface area contributed by atoms with Gasteiger partial charge in [-0.05, 0) is 62.8 Å². The Balaban J connectivity index is 1.19. The average Bonchev–Trinajstić information content (AvgIpc) is 4.21. The number of nitrogens with zero attached hydrogens (tertiary/aromatic N) is 4. The number of benzene rings is 2. The second kappa shape index (κ2) is 21.5. The van der Waals surface area contributed by atoms with Gasteiger partial charge in [-0.1, -0.05) is 45.9 Å². The van der Waals surface area contributed by atoms with Crippen molar-refractivity contribution < 1.29 is 73.2 Å². The Morgan fingerprint density at radius 2 is 1.58 bits per heavy atom. The number of hydrazone groups is 1. The molecule has 0 spiro atoms. The molecule has 412 valence electrons. The number of hydrogen-bond acceptors (Lipinski definition) is 17. The Bertz CT molecular complexity index is 3260. The molecule has 7 N–H and O–H groups in total. The summed E-state index contributed by atoms with van der Waals surface area (Å²) in [6.45, 7) is 14.7. The van der Waals surface area contributed by atoms with Crippen LogP contribution in [-0.2, 0) is 23.8 Å². The zero-order valence-electron chi connectivity index (χ0n) is 44.6. The molecular weight excluding hydrogens is 1000 g/mol. The summed E-state index contributed by atoms with van der Waals surface area (Å²) >= 11 is 0. The maximum Gasteiger partial charge on any atom is 0.341 e. The van der Waals surface area contributed by atoms with E-state index in [1.165, 1.54) is 59.2 Å². The van der Waals surface area contributed by atoms with E-state index in [2.05, 4.69) is 10.4 Å². The first-order valence-electron chi connectivity index (χ1n) is 25.6. The third-order valence-corrected chi connectivity index (χ3v) is 15.6. The number of aromatic hydroxyl groups is 3. The Hall–Kier alpha value is -7.49. The molecule has 77 heavy (non-hydrogen) atoms. The Morgan fingerprint density at radius 3 is 2.21 bits per heavy atom. The van der Waals surface area contributed by atoms with Crippen LogP contribution in [0.4, 0.5) is 15.8 Å². The topological polar surface area (TPSA) is 279 Å². The largest absolute Gasteiger partial charge is 0.507 e. The molecule has 2 aromatic heterocycles. The highest BCUT2D eigenvalue weighted by molar-refractivity contribution is 6.24. The number of carboxylic acids is 1. The molecule has 2 aromatic carbocycles. The predicted octanol–water partition coefficient (Wildman–Crippen LogP) is 6.55. The fourth-order valence-corrected chi connectivity index (χ4v) is 10.9. The Morgan fingerprint density at radius 1 is 0.909 bits per heavy atom. The van der Waals surface area contributed by atoms with E-state index in [1.54, 1.807) is 56.7 Å². The summed E-state index contributed by atoms with van der Waals surface area (Å²) < 4.78 is 41.0. The third-order valence-electron chi connectivity index (χ3n) is 15.6. The number of Topliss-reactive ketones (excluding diaryl/α,β-unsaturated/α-hetero) is 1. The highest BCUT2D eigenvalue weighted by Gasteiger charge is 2.50. The SMILES string of the molecule is CO[C@H]1/C=C/O[C@@]2(C)Oc3c(C)c(O)c4c(O)c(c(/C=N\N5CCN(c6c(F)cn7c(=O)c(C(=O)O)cc(C8CC8)c7c6C)CC5)c(O)c4c3C2=O)NC(=O)/C(C)=C\C=C\[C@@H](C)[C@H](O)[C@@H](C)[C@H](O)[C@@H](C)[C@H](OC(C)=O)[C@@H]1C. The molecule has 9 rings (SSSR count). The van der Waals surface area contributed by atoms with E-state index in [0.29, 0.717) is 16.6 Å². The number of anilines is 2. The van der Waals surface area contributed by atoms with Gasteiger partial charge in [-0.2, -0.15) is 5.10 Å². The van der Waals surface area contributed by atoms with Crippen LogP contribution in [0.3, 0.4) is 0 Å². The molecule has 2 fully saturated rings. The highest BCUT2D eigenvalue weighted by atomic mass is 19.1. The van der Waals surface area contributed by atoms with Crippen molar-refractivity contribution in [2.45, 2.75) is 111 Å². The summed E-state index contributed by atoms with van der Waals surface area (Å²) in [7, 11) is 1.41. The smallest absolute Gasteiger partial charge is 0.341 e. The number of aromatic nitrogens is 1. The third kappa shape index (κ3) is 10.2. The number of allylic oxidation sites excluding steroid dienone is 2. The van der Waals surface area contributed by atoms with Crippen LogP contribution in [0.1, 0.15) is 110 Å². The monoisotopic (exact) mass is 1070 g/mol. The maximum absolute atomic E-state index is 16.1. The summed E-state index contributed by atoms with van der Waals surface area (Å²) in [6.07, 6.45) is 6.95. The molecule has 0 radical (unpaired) electrons. The van der Waals surface area contributed by atoms with Crippen LogP contribution in [0.5, 0.6) is 23.0 Å². The lowest BCUT2D eigenvalue weighted by Gasteiger charge is -2.38. The second-order valence-corrected chi connectivity index (χ2v) is 20.9. The lowest BCUT2D eigenvalue weighted by atomic mass is 9.78. The number of carboxylic acid groups (broad SMARTS) is 1. The van der Waals surface area contributed by atoms with E-state index in [0.717, 1.165) is 29.7 Å². The number of halogens is 1. The number of pyridine rings is 2.